The van der Waals surface area contributed by atoms with Crippen LogP contribution in [0.5, 0.6) is 0 Å². The van der Waals surface area contributed by atoms with E-state index in [9.17, 15) is 0 Å². The van der Waals surface area contributed by atoms with Gasteiger partial charge in [-0.3, -0.25) is 0 Å². The summed E-state index contributed by atoms with van der Waals surface area (Å²) in [6, 6.07) is 6.23. The predicted molar refractivity (Wildman–Crippen MR) is 72.3 cm³/mol. The van der Waals surface area contributed by atoms with Crippen LogP contribution in [0.15, 0.2) is 18.2 Å². The summed E-state index contributed by atoms with van der Waals surface area (Å²) in [6.45, 7) is 2.09. The first-order valence-electron chi connectivity index (χ1n) is 5.70. The van der Waals surface area contributed by atoms with Crippen LogP contribution in [0.3, 0.4) is 0 Å². The summed E-state index contributed by atoms with van der Waals surface area (Å²) >= 11 is 5.94. The molecule has 0 heterocycles. The Morgan fingerprint density at radius 1 is 1.31 bits per heavy atom. The number of nitrogens with two attached hydrogens (primary N) is 1. The molecule has 0 amide bonds. The lowest BCUT2D eigenvalue weighted by molar-refractivity contribution is 0.443. The molecule has 1 atom stereocenters. The van der Waals surface area contributed by atoms with Crippen molar-refractivity contribution in [3.05, 3.63) is 34.3 Å². The van der Waals surface area contributed by atoms with Gasteiger partial charge in [0.15, 0.2) is 0 Å². The van der Waals surface area contributed by atoms with E-state index in [4.69, 9.17) is 17.3 Å². The molecule has 0 aromatic heterocycles. The van der Waals surface area contributed by atoms with Crippen molar-refractivity contribution in [1.82, 2.24) is 0 Å². The number of hydrogen-bond donors (Lipinski definition) is 1. The molecule has 1 saturated carbocycles. The van der Waals surface area contributed by atoms with Crippen molar-refractivity contribution >= 4 is 24.0 Å². The molecule has 0 radical (unpaired) electrons. The second-order valence-electron chi connectivity index (χ2n) is 4.57. The molecular weight excluding hydrogens is 241 g/mol. The van der Waals surface area contributed by atoms with Gasteiger partial charge < -0.3 is 5.73 Å². The van der Waals surface area contributed by atoms with Gasteiger partial charge in [0.1, 0.15) is 0 Å². The van der Waals surface area contributed by atoms with Gasteiger partial charge in [-0.05, 0) is 48.9 Å². The quantitative estimate of drug-likeness (QED) is 0.844. The first kappa shape index (κ1) is 13.8. The zero-order valence-electron chi connectivity index (χ0n) is 9.58. The van der Waals surface area contributed by atoms with E-state index in [2.05, 4.69) is 13.0 Å². The minimum atomic E-state index is 0. The predicted octanol–water partition coefficient (Wildman–Crippen LogP) is 4.26. The molecule has 1 fully saturated rings. The van der Waals surface area contributed by atoms with E-state index in [-0.39, 0.29) is 18.4 Å². The molecule has 1 aromatic carbocycles. The third kappa shape index (κ3) is 2.91. The van der Waals surface area contributed by atoms with Crippen LogP contribution in [0.25, 0.3) is 0 Å². The van der Waals surface area contributed by atoms with Gasteiger partial charge in [0.25, 0.3) is 0 Å². The largest absolute Gasteiger partial charge is 0.324 e. The zero-order valence-corrected chi connectivity index (χ0v) is 11.2. The summed E-state index contributed by atoms with van der Waals surface area (Å²) in [7, 11) is 0. The molecule has 0 bridgehead atoms. The first-order chi connectivity index (χ1) is 7.18. The summed E-state index contributed by atoms with van der Waals surface area (Å²) < 4.78 is 0. The maximum absolute atomic E-state index is 6.31. The molecule has 1 aliphatic rings. The molecule has 1 aliphatic carbocycles. The van der Waals surface area contributed by atoms with Gasteiger partial charge in [-0.2, -0.15) is 0 Å². The molecule has 16 heavy (non-hydrogen) atoms. The molecule has 0 unspecified atom stereocenters. The second-order valence-corrected chi connectivity index (χ2v) is 5.01. The fraction of sp³-hybridized carbons (Fsp3) is 0.538. The molecule has 1 aromatic rings. The lowest BCUT2D eigenvalue weighted by Crippen LogP contribution is -2.20. The Balaban J connectivity index is 0.00000128. The standard InChI is InChI=1S/C13H18ClN.ClH/c1-9-8-11(14)6-7-12(9)13(15)10-4-2-3-5-10;/h6-8,10,13H,2-5,15H2,1H3;1H/t13-;/m0./s1. The molecule has 1 nitrogen and oxygen atoms in total. The van der Waals surface area contributed by atoms with Crippen LogP contribution in [0, 0.1) is 12.8 Å². The van der Waals surface area contributed by atoms with Crippen molar-refractivity contribution < 1.29 is 0 Å². The van der Waals surface area contributed by atoms with Gasteiger partial charge in [-0.25, -0.2) is 0 Å². The van der Waals surface area contributed by atoms with Crippen molar-refractivity contribution in [2.24, 2.45) is 11.7 Å². The van der Waals surface area contributed by atoms with E-state index in [0.717, 1.165) is 5.02 Å². The Morgan fingerprint density at radius 2 is 1.94 bits per heavy atom. The fourth-order valence-corrected chi connectivity index (χ4v) is 2.81. The molecule has 0 spiro atoms. The van der Waals surface area contributed by atoms with Crippen molar-refractivity contribution in [2.75, 3.05) is 0 Å². The number of rotatable bonds is 2. The molecule has 0 saturated heterocycles. The van der Waals surface area contributed by atoms with Crippen LogP contribution in [0.1, 0.15) is 42.9 Å². The normalized spacial score (nSPS) is 18.2. The third-order valence-corrected chi connectivity index (χ3v) is 3.73. The molecular formula is C13H19Cl2N. The van der Waals surface area contributed by atoms with E-state index in [1.807, 2.05) is 12.1 Å². The Labute approximate surface area is 109 Å². The smallest absolute Gasteiger partial charge is 0.0408 e. The summed E-state index contributed by atoms with van der Waals surface area (Å²) in [5.74, 6) is 0.671. The van der Waals surface area contributed by atoms with Crippen LogP contribution in [0.2, 0.25) is 5.02 Å². The highest BCUT2D eigenvalue weighted by Crippen LogP contribution is 2.35. The van der Waals surface area contributed by atoms with Crippen LogP contribution < -0.4 is 5.73 Å². The molecule has 2 rings (SSSR count). The number of hydrogen-bond acceptors (Lipinski definition) is 1. The van der Waals surface area contributed by atoms with E-state index >= 15 is 0 Å². The average molecular weight is 260 g/mol. The summed E-state index contributed by atoms with van der Waals surface area (Å²) in [6.07, 6.45) is 5.24. The lowest BCUT2D eigenvalue weighted by atomic mass is 9.90. The summed E-state index contributed by atoms with van der Waals surface area (Å²) in [5, 5.41) is 0.801. The molecule has 2 N–H and O–H groups in total. The van der Waals surface area contributed by atoms with Crippen molar-refractivity contribution in [1.29, 1.82) is 0 Å². The number of benzene rings is 1. The van der Waals surface area contributed by atoms with Gasteiger partial charge in [0.05, 0.1) is 0 Å². The Kier molecular flexibility index (Phi) is 5.10. The van der Waals surface area contributed by atoms with Crippen molar-refractivity contribution in [3.63, 3.8) is 0 Å². The van der Waals surface area contributed by atoms with Crippen LogP contribution >= 0.6 is 24.0 Å². The van der Waals surface area contributed by atoms with Crippen LogP contribution in [-0.2, 0) is 0 Å². The Hall–Kier alpha value is -0.240. The van der Waals surface area contributed by atoms with Crippen LogP contribution in [0.4, 0.5) is 0 Å². The average Bonchev–Trinajstić information content (AvgIpc) is 2.69. The van der Waals surface area contributed by atoms with E-state index in [0.29, 0.717) is 5.92 Å². The SMILES string of the molecule is Cc1cc(Cl)ccc1[C@@H](N)C1CCCC1.Cl. The first-order valence-corrected chi connectivity index (χ1v) is 6.08. The van der Waals surface area contributed by atoms with Crippen molar-refractivity contribution in [3.8, 4) is 0 Å². The molecule has 3 heteroatoms. The third-order valence-electron chi connectivity index (χ3n) is 3.50. The van der Waals surface area contributed by atoms with Gasteiger partial charge in [0.2, 0.25) is 0 Å². The lowest BCUT2D eigenvalue weighted by Gasteiger charge is -2.21. The maximum Gasteiger partial charge on any atom is 0.0408 e. The van der Waals surface area contributed by atoms with E-state index in [1.54, 1.807) is 0 Å². The van der Waals surface area contributed by atoms with Crippen LogP contribution in [-0.4, -0.2) is 0 Å². The fourth-order valence-electron chi connectivity index (χ4n) is 2.58. The Morgan fingerprint density at radius 3 is 2.50 bits per heavy atom. The van der Waals surface area contributed by atoms with E-state index < -0.39 is 0 Å². The highest BCUT2D eigenvalue weighted by molar-refractivity contribution is 6.30. The zero-order chi connectivity index (χ0) is 10.8. The topological polar surface area (TPSA) is 26.0 Å². The summed E-state index contributed by atoms with van der Waals surface area (Å²) in [4.78, 5) is 0. The van der Waals surface area contributed by atoms with Crippen molar-refractivity contribution in [2.45, 2.75) is 38.6 Å². The minimum absolute atomic E-state index is 0. The highest BCUT2D eigenvalue weighted by atomic mass is 35.5. The minimum Gasteiger partial charge on any atom is -0.324 e. The monoisotopic (exact) mass is 259 g/mol. The molecule has 0 aliphatic heterocycles. The second kappa shape index (κ2) is 5.90. The van der Waals surface area contributed by atoms with Gasteiger partial charge in [0, 0.05) is 11.1 Å². The Bertz CT molecular complexity index is 346. The number of halogens is 2. The van der Waals surface area contributed by atoms with E-state index in [1.165, 1.54) is 36.8 Å². The highest BCUT2D eigenvalue weighted by Gasteiger charge is 2.24. The van der Waals surface area contributed by atoms with Gasteiger partial charge >= 0.3 is 0 Å². The summed E-state index contributed by atoms with van der Waals surface area (Å²) in [5.41, 5.74) is 8.80. The van der Waals surface area contributed by atoms with Gasteiger partial charge in [-0.1, -0.05) is 30.5 Å². The molecule has 90 valence electrons. The maximum atomic E-state index is 6.31. The number of aryl methyl sites for hydroxylation is 1. The van der Waals surface area contributed by atoms with Gasteiger partial charge in [-0.15, -0.1) is 12.4 Å².